The summed E-state index contributed by atoms with van der Waals surface area (Å²) in [7, 11) is 0. The topological polar surface area (TPSA) is 29.1 Å². The average Bonchev–Trinajstić information content (AvgIpc) is 2.38. The summed E-state index contributed by atoms with van der Waals surface area (Å²) in [6.45, 7) is 10.1. The first kappa shape index (κ1) is 8.78. The summed E-state index contributed by atoms with van der Waals surface area (Å²) >= 11 is 0. The van der Waals surface area contributed by atoms with E-state index in [9.17, 15) is 4.79 Å². The molecular weight excluding hydrogens is 150 g/mol. The Labute approximate surface area is 72.7 Å². The first-order chi connectivity index (χ1) is 5.70. The smallest absolute Gasteiger partial charge is 0.252 e. The predicted octanol–water partition coefficient (Wildman–Crippen LogP) is 1.56. The molecule has 2 nitrogen and oxygen atoms in total. The lowest BCUT2D eigenvalue weighted by molar-refractivity contribution is -0.116. The van der Waals surface area contributed by atoms with Crippen LogP contribution in [-0.4, -0.2) is 12.5 Å². The van der Waals surface area contributed by atoms with E-state index in [4.69, 9.17) is 0 Å². The van der Waals surface area contributed by atoms with E-state index in [1.165, 1.54) is 0 Å². The van der Waals surface area contributed by atoms with E-state index < -0.39 is 0 Å². The van der Waals surface area contributed by atoms with E-state index >= 15 is 0 Å². The molecule has 0 bridgehead atoms. The number of amides is 1. The Morgan fingerprint density at radius 2 is 2.42 bits per heavy atom. The van der Waals surface area contributed by atoms with Crippen LogP contribution in [0.3, 0.4) is 0 Å². The fraction of sp³-hybridized carbons (Fsp3) is 0.300. The second kappa shape index (κ2) is 3.39. The van der Waals surface area contributed by atoms with Crippen molar-refractivity contribution in [1.29, 1.82) is 0 Å². The van der Waals surface area contributed by atoms with Crippen LogP contribution in [0.15, 0.2) is 36.0 Å². The first-order valence-electron chi connectivity index (χ1n) is 4.02. The minimum Gasteiger partial charge on any atom is -0.348 e. The predicted molar refractivity (Wildman–Crippen MR) is 49.7 cm³/mol. The van der Waals surface area contributed by atoms with Gasteiger partial charge in [0.25, 0.3) is 5.91 Å². The van der Waals surface area contributed by atoms with Crippen molar-refractivity contribution in [2.45, 2.75) is 13.3 Å². The standard InChI is InChI=1S/C10H13NO/c1-4-8(5-2)9-7(3)6-11-10(9)12/h4H,1,3,5-6H2,2H3,(H,11,12)/b9-8-. The van der Waals surface area contributed by atoms with Gasteiger partial charge >= 0.3 is 0 Å². The number of carbonyl (C=O) groups is 1. The van der Waals surface area contributed by atoms with E-state index in [2.05, 4.69) is 18.5 Å². The summed E-state index contributed by atoms with van der Waals surface area (Å²) in [5, 5.41) is 2.72. The normalized spacial score (nSPS) is 20.8. The fourth-order valence-corrected chi connectivity index (χ4v) is 1.32. The van der Waals surface area contributed by atoms with Crippen LogP contribution in [0.2, 0.25) is 0 Å². The monoisotopic (exact) mass is 163 g/mol. The lowest BCUT2D eigenvalue weighted by atomic mass is 10.0. The highest BCUT2D eigenvalue weighted by Crippen LogP contribution is 2.20. The second-order valence-corrected chi connectivity index (χ2v) is 2.74. The van der Waals surface area contributed by atoms with Crippen molar-refractivity contribution in [3.05, 3.63) is 36.0 Å². The van der Waals surface area contributed by atoms with E-state index in [0.29, 0.717) is 6.54 Å². The van der Waals surface area contributed by atoms with Gasteiger partial charge in [0.05, 0.1) is 0 Å². The SMILES string of the molecule is C=C/C(CC)=C1\C(=C)CNC1=O. The molecule has 1 aliphatic rings. The molecule has 0 aromatic carbocycles. The van der Waals surface area contributed by atoms with Crippen molar-refractivity contribution >= 4 is 5.91 Å². The zero-order valence-corrected chi connectivity index (χ0v) is 7.31. The fourth-order valence-electron chi connectivity index (χ4n) is 1.32. The molecule has 2 heteroatoms. The van der Waals surface area contributed by atoms with E-state index in [1.807, 2.05) is 6.92 Å². The molecule has 0 radical (unpaired) electrons. The number of rotatable bonds is 2. The minimum atomic E-state index is -0.0169. The Balaban J connectivity index is 3.12. The van der Waals surface area contributed by atoms with Gasteiger partial charge in [-0.3, -0.25) is 4.79 Å². The maximum absolute atomic E-state index is 11.3. The van der Waals surface area contributed by atoms with Gasteiger partial charge in [-0.1, -0.05) is 26.2 Å². The molecule has 1 N–H and O–H groups in total. The lowest BCUT2D eigenvalue weighted by Gasteiger charge is -2.01. The van der Waals surface area contributed by atoms with Crippen LogP contribution in [0.25, 0.3) is 0 Å². The van der Waals surface area contributed by atoms with Crippen LogP contribution in [0, 0.1) is 0 Å². The van der Waals surface area contributed by atoms with Gasteiger partial charge in [0, 0.05) is 12.1 Å². The molecule has 0 saturated carbocycles. The van der Waals surface area contributed by atoms with Crippen LogP contribution in [0.5, 0.6) is 0 Å². The highest BCUT2D eigenvalue weighted by molar-refractivity contribution is 6.02. The van der Waals surface area contributed by atoms with Crippen LogP contribution < -0.4 is 5.32 Å². The lowest BCUT2D eigenvalue weighted by Crippen LogP contribution is -2.14. The third-order valence-electron chi connectivity index (χ3n) is 1.99. The third kappa shape index (κ3) is 1.33. The number of allylic oxidation sites excluding steroid dienone is 2. The molecule has 1 heterocycles. The molecular formula is C10H13NO. The van der Waals surface area contributed by atoms with Crippen molar-refractivity contribution in [3.63, 3.8) is 0 Å². The van der Waals surface area contributed by atoms with Crippen molar-refractivity contribution < 1.29 is 4.79 Å². The van der Waals surface area contributed by atoms with Gasteiger partial charge < -0.3 is 5.32 Å². The third-order valence-corrected chi connectivity index (χ3v) is 1.99. The summed E-state index contributed by atoms with van der Waals surface area (Å²) in [4.78, 5) is 11.3. The molecule has 0 aliphatic carbocycles. The van der Waals surface area contributed by atoms with E-state index in [1.54, 1.807) is 6.08 Å². The zero-order chi connectivity index (χ0) is 9.14. The number of hydrogen-bond acceptors (Lipinski definition) is 1. The second-order valence-electron chi connectivity index (χ2n) is 2.74. The van der Waals surface area contributed by atoms with Gasteiger partial charge in [0.1, 0.15) is 0 Å². The summed E-state index contributed by atoms with van der Waals surface area (Å²) in [5.74, 6) is -0.0169. The van der Waals surface area contributed by atoms with Crippen LogP contribution in [0.1, 0.15) is 13.3 Å². The molecule has 0 aromatic rings. The molecule has 1 saturated heterocycles. The Morgan fingerprint density at radius 3 is 2.75 bits per heavy atom. The first-order valence-corrected chi connectivity index (χ1v) is 4.02. The Kier molecular flexibility index (Phi) is 2.48. The van der Waals surface area contributed by atoms with Gasteiger partial charge in [-0.15, -0.1) is 0 Å². The van der Waals surface area contributed by atoms with Crippen molar-refractivity contribution in [1.82, 2.24) is 5.32 Å². The molecule has 1 rings (SSSR count). The van der Waals surface area contributed by atoms with Gasteiger partial charge in [-0.25, -0.2) is 0 Å². The van der Waals surface area contributed by atoms with Crippen molar-refractivity contribution in [2.75, 3.05) is 6.54 Å². The summed E-state index contributed by atoms with van der Waals surface area (Å²) < 4.78 is 0. The van der Waals surface area contributed by atoms with Gasteiger partial charge in [0.2, 0.25) is 0 Å². The highest BCUT2D eigenvalue weighted by atomic mass is 16.2. The largest absolute Gasteiger partial charge is 0.348 e. The van der Waals surface area contributed by atoms with Crippen LogP contribution >= 0.6 is 0 Å². The molecule has 0 atom stereocenters. The summed E-state index contributed by atoms with van der Waals surface area (Å²) in [6.07, 6.45) is 2.55. The summed E-state index contributed by atoms with van der Waals surface area (Å²) in [6, 6.07) is 0. The Bertz CT molecular complexity index is 256. The average molecular weight is 163 g/mol. The Hall–Kier alpha value is -1.31. The minimum absolute atomic E-state index is 0.0169. The van der Waals surface area contributed by atoms with Crippen LogP contribution in [-0.2, 0) is 4.79 Å². The maximum atomic E-state index is 11.3. The molecule has 64 valence electrons. The van der Waals surface area contributed by atoms with Gasteiger partial charge in [-0.2, -0.15) is 0 Å². The number of carbonyl (C=O) groups excluding carboxylic acids is 1. The van der Waals surface area contributed by atoms with Crippen molar-refractivity contribution in [3.8, 4) is 0 Å². The van der Waals surface area contributed by atoms with Gasteiger partial charge in [-0.05, 0) is 17.6 Å². The molecule has 1 amide bonds. The van der Waals surface area contributed by atoms with Gasteiger partial charge in [0.15, 0.2) is 0 Å². The molecule has 0 unspecified atom stereocenters. The quantitative estimate of drug-likeness (QED) is 0.615. The zero-order valence-electron chi connectivity index (χ0n) is 7.31. The summed E-state index contributed by atoms with van der Waals surface area (Å²) in [5.41, 5.74) is 2.58. The Morgan fingerprint density at radius 1 is 1.75 bits per heavy atom. The van der Waals surface area contributed by atoms with E-state index in [-0.39, 0.29) is 5.91 Å². The maximum Gasteiger partial charge on any atom is 0.252 e. The molecule has 0 spiro atoms. The van der Waals surface area contributed by atoms with Crippen molar-refractivity contribution in [2.24, 2.45) is 0 Å². The molecule has 12 heavy (non-hydrogen) atoms. The highest BCUT2D eigenvalue weighted by Gasteiger charge is 2.22. The number of nitrogens with one attached hydrogen (secondary N) is 1. The molecule has 0 aromatic heterocycles. The molecule has 1 fully saturated rings. The molecule has 1 aliphatic heterocycles. The van der Waals surface area contributed by atoms with Crippen LogP contribution in [0.4, 0.5) is 0 Å². The van der Waals surface area contributed by atoms with E-state index in [0.717, 1.165) is 23.1 Å². The number of hydrogen-bond donors (Lipinski definition) is 1.